The van der Waals surface area contributed by atoms with E-state index in [1.54, 1.807) is 18.0 Å². The van der Waals surface area contributed by atoms with Crippen LogP contribution in [0.3, 0.4) is 0 Å². The smallest absolute Gasteiger partial charge is 0.408 e. The first-order chi connectivity index (χ1) is 9.63. The number of carbonyl (C=O) groups is 1. The maximum absolute atomic E-state index is 11.9. The number of fused-ring (bicyclic) bond motifs is 1. The highest BCUT2D eigenvalue weighted by molar-refractivity contribution is 5.76. The van der Waals surface area contributed by atoms with Crippen LogP contribution >= 0.6 is 0 Å². The predicted octanol–water partition coefficient (Wildman–Crippen LogP) is 0.662. The van der Waals surface area contributed by atoms with Gasteiger partial charge >= 0.3 is 5.76 Å². The van der Waals surface area contributed by atoms with Crippen molar-refractivity contribution in [2.24, 2.45) is 0 Å². The van der Waals surface area contributed by atoms with Crippen molar-refractivity contribution in [1.29, 1.82) is 0 Å². The Balaban J connectivity index is 2.04. The summed E-state index contributed by atoms with van der Waals surface area (Å²) >= 11 is 0. The Morgan fingerprint density at radius 3 is 2.90 bits per heavy atom. The number of carbonyl (C=O) groups excluding carboxylic acids is 1. The van der Waals surface area contributed by atoms with Gasteiger partial charge < -0.3 is 14.6 Å². The van der Waals surface area contributed by atoms with Gasteiger partial charge in [0.25, 0.3) is 0 Å². The van der Waals surface area contributed by atoms with Gasteiger partial charge in [0.15, 0.2) is 5.58 Å². The Bertz CT molecular complexity index is 644. The summed E-state index contributed by atoms with van der Waals surface area (Å²) in [6.07, 6.45) is 0.281. The van der Waals surface area contributed by atoms with Crippen molar-refractivity contribution >= 4 is 17.0 Å². The highest BCUT2D eigenvalue weighted by Gasteiger charge is 2.12. The molecule has 0 saturated carbocycles. The minimum atomic E-state index is -0.420. The number of aryl methyl sites for hydroxylation is 1. The maximum Gasteiger partial charge on any atom is 0.419 e. The van der Waals surface area contributed by atoms with Crippen molar-refractivity contribution in [3.05, 3.63) is 34.8 Å². The maximum atomic E-state index is 11.9. The molecule has 0 aliphatic heterocycles. The molecule has 1 heterocycles. The Labute approximate surface area is 117 Å². The molecule has 0 atom stereocenters. The second-order valence-electron chi connectivity index (χ2n) is 4.66. The molecule has 1 aromatic heterocycles. The molecule has 2 rings (SSSR count). The van der Waals surface area contributed by atoms with Crippen molar-refractivity contribution in [1.82, 2.24) is 14.8 Å². The summed E-state index contributed by atoms with van der Waals surface area (Å²) in [6, 6.07) is 7.21. The number of hydrogen-bond donors (Lipinski definition) is 1. The normalized spacial score (nSPS) is 10.9. The van der Waals surface area contributed by atoms with Gasteiger partial charge in [0.2, 0.25) is 5.91 Å². The van der Waals surface area contributed by atoms with Gasteiger partial charge in [-0.1, -0.05) is 12.1 Å². The molecule has 2 aromatic rings. The number of oxazole rings is 1. The molecule has 108 valence electrons. The molecule has 1 amide bonds. The van der Waals surface area contributed by atoms with Crippen molar-refractivity contribution < 1.29 is 9.21 Å². The molecule has 1 aromatic carbocycles. The van der Waals surface area contributed by atoms with E-state index in [-0.39, 0.29) is 12.3 Å². The van der Waals surface area contributed by atoms with Crippen LogP contribution in [0.15, 0.2) is 33.5 Å². The molecule has 6 heteroatoms. The standard InChI is InChI=1S/C14H19N3O3/c1-15-8-10-16(2)13(18)7-9-17-11-5-3-4-6-12(11)20-14(17)19/h3-6,15H,7-10H2,1-2H3. The van der Waals surface area contributed by atoms with E-state index in [1.165, 1.54) is 4.57 Å². The predicted molar refractivity (Wildman–Crippen MR) is 76.7 cm³/mol. The number of hydrogen-bond acceptors (Lipinski definition) is 4. The number of rotatable bonds is 6. The first-order valence-electron chi connectivity index (χ1n) is 6.60. The number of para-hydroxylation sites is 2. The van der Waals surface area contributed by atoms with Crippen molar-refractivity contribution in [2.45, 2.75) is 13.0 Å². The van der Waals surface area contributed by atoms with E-state index in [9.17, 15) is 9.59 Å². The topological polar surface area (TPSA) is 67.5 Å². The van der Waals surface area contributed by atoms with E-state index < -0.39 is 5.76 Å². The number of benzene rings is 1. The molecule has 0 fully saturated rings. The Hall–Kier alpha value is -2.08. The van der Waals surface area contributed by atoms with Crippen LogP contribution in [0.1, 0.15) is 6.42 Å². The number of aromatic nitrogens is 1. The fraction of sp³-hybridized carbons (Fsp3) is 0.429. The van der Waals surface area contributed by atoms with E-state index in [1.807, 2.05) is 25.2 Å². The average Bonchev–Trinajstić information content (AvgIpc) is 2.77. The van der Waals surface area contributed by atoms with Crippen LogP contribution in [0.5, 0.6) is 0 Å². The summed E-state index contributed by atoms with van der Waals surface area (Å²) in [5.74, 6) is -0.408. The zero-order valence-corrected chi connectivity index (χ0v) is 11.8. The fourth-order valence-electron chi connectivity index (χ4n) is 2.03. The zero-order chi connectivity index (χ0) is 14.5. The molecule has 0 spiro atoms. The van der Waals surface area contributed by atoms with Crippen LogP contribution in [-0.2, 0) is 11.3 Å². The SMILES string of the molecule is CNCCN(C)C(=O)CCn1c(=O)oc2ccccc21. The third-order valence-electron chi connectivity index (χ3n) is 3.25. The van der Waals surface area contributed by atoms with Gasteiger partial charge in [0.1, 0.15) is 0 Å². The first kappa shape index (κ1) is 14.3. The molecule has 20 heavy (non-hydrogen) atoms. The number of nitrogens with zero attached hydrogens (tertiary/aromatic N) is 2. The summed E-state index contributed by atoms with van der Waals surface area (Å²) in [5, 5.41) is 2.99. The van der Waals surface area contributed by atoms with Gasteiger partial charge in [-0.15, -0.1) is 0 Å². The summed E-state index contributed by atoms with van der Waals surface area (Å²) in [7, 11) is 3.60. The Morgan fingerprint density at radius 2 is 2.15 bits per heavy atom. The van der Waals surface area contributed by atoms with Gasteiger partial charge in [-0.05, 0) is 19.2 Å². The number of nitrogens with one attached hydrogen (secondary N) is 1. The molecular formula is C14H19N3O3. The van der Waals surface area contributed by atoms with Crippen LogP contribution < -0.4 is 11.1 Å². The average molecular weight is 277 g/mol. The minimum absolute atomic E-state index is 0.0115. The molecular weight excluding hydrogens is 258 g/mol. The molecule has 0 aliphatic carbocycles. The van der Waals surface area contributed by atoms with Crippen LogP contribution in [0.4, 0.5) is 0 Å². The van der Waals surface area contributed by atoms with E-state index in [2.05, 4.69) is 5.32 Å². The minimum Gasteiger partial charge on any atom is -0.408 e. The highest BCUT2D eigenvalue weighted by Crippen LogP contribution is 2.12. The molecule has 1 N–H and O–H groups in total. The third kappa shape index (κ3) is 3.08. The summed E-state index contributed by atoms with van der Waals surface area (Å²) < 4.78 is 6.63. The monoisotopic (exact) mass is 277 g/mol. The second-order valence-corrected chi connectivity index (χ2v) is 4.66. The van der Waals surface area contributed by atoms with Crippen LogP contribution in [0.25, 0.3) is 11.1 Å². The molecule has 0 radical (unpaired) electrons. The lowest BCUT2D eigenvalue weighted by Crippen LogP contribution is -2.33. The largest absolute Gasteiger partial charge is 0.419 e. The van der Waals surface area contributed by atoms with Gasteiger partial charge in [-0.25, -0.2) is 4.79 Å². The zero-order valence-electron chi connectivity index (χ0n) is 11.8. The Kier molecular flexibility index (Phi) is 4.57. The van der Waals surface area contributed by atoms with Gasteiger partial charge in [0, 0.05) is 33.1 Å². The molecule has 6 nitrogen and oxygen atoms in total. The summed E-state index contributed by atoms with van der Waals surface area (Å²) in [5.41, 5.74) is 1.27. The summed E-state index contributed by atoms with van der Waals surface area (Å²) in [4.78, 5) is 25.4. The van der Waals surface area contributed by atoms with Gasteiger partial charge in [0.05, 0.1) is 5.52 Å². The molecule has 0 aliphatic rings. The first-order valence-corrected chi connectivity index (χ1v) is 6.60. The summed E-state index contributed by atoms with van der Waals surface area (Å²) in [6.45, 7) is 1.73. The second kappa shape index (κ2) is 6.38. The lowest BCUT2D eigenvalue weighted by Gasteiger charge is -2.16. The third-order valence-corrected chi connectivity index (χ3v) is 3.25. The van der Waals surface area contributed by atoms with E-state index >= 15 is 0 Å². The number of likely N-dealkylation sites (N-methyl/N-ethyl adjacent to an activating group) is 2. The van der Waals surface area contributed by atoms with E-state index in [0.29, 0.717) is 18.7 Å². The van der Waals surface area contributed by atoms with Crippen molar-refractivity contribution in [3.63, 3.8) is 0 Å². The van der Waals surface area contributed by atoms with Crippen LogP contribution in [0, 0.1) is 0 Å². The molecule has 0 saturated heterocycles. The highest BCUT2D eigenvalue weighted by atomic mass is 16.4. The quantitative estimate of drug-likeness (QED) is 0.842. The fourth-order valence-corrected chi connectivity index (χ4v) is 2.03. The lowest BCUT2D eigenvalue weighted by atomic mass is 10.3. The molecule has 0 unspecified atom stereocenters. The van der Waals surface area contributed by atoms with Crippen molar-refractivity contribution in [2.75, 3.05) is 27.2 Å². The molecule has 0 bridgehead atoms. The van der Waals surface area contributed by atoms with Crippen LogP contribution in [-0.4, -0.2) is 42.6 Å². The van der Waals surface area contributed by atoms with E-state index in [0.717, 1.165) is 12.1 Å². The number of amides is 1. The van der Waals surface area contributed by atoms with E-state index in [4.69, 9.17) is 4.42 Å². The van der Waals surface area contributed by atoms with Gasteiger partial charge in [-0.3, -0.25) is 9.36 Å². The Morgan fingerprint density at radius 1 is 1.40 bits per heavy atom. The van der Waals surface area contributed by atoms with Gasteiger partial charge in [-0.2, -0.15) is 0 Å². The lowest BCUT2D eigenvalue weighted by molar-refractivity contribution is -0.130. The van der Waals surface area contributed by atoms with Crippen LogP contribution in [0.2, 0.25) is 0 Å². The van der Waals surface area contributed by atoms with Crippen molar-refractivity contribution in [3.8, 4) is 0 Å².